The van der Waals surface area contributed by atoms with Crippen LogP contribution in [0.1, 0.15) is 12.5 Å². The molecule has 1 aliphatic heterocycles. The summed E-state index contributed by atoms with van der Waals surface area (Å²) < 4.78 is 25.5. The Morgan fingerprint density at radius 3 is 2.68 bits per heavy atom. The third-order valence-corrected chi connectivity index (χ3v) is 9.30. The Morgan fingerprint density at radius 2 is 1.89 bits per heavy atom. The third kappa shape index (κ3) is 6.12. The minimum atomic E-state index is -0.373. The number of para-hydroxylation sites is 1. The lowest BCUT2D eigenvalue weighted by molar-refractivity contribution is -0.137. The number of nitrogens with zero attached hydrogens (tertiary/aromatic N) is 4. The highest BCUT2D eigenvalue weighted by atomic mass is 79.9. The van der Waals surface area contributed by atoms with Gasteiger partial charge in [0.15, 0.2) is 23.9 Å². The zero-order valence-electron chi connectivity index (χ0n) is 23.4. The smallest absolute Gasteiger partial charge is 0.282 e. The van der Waals surface area contributed by atoms with E-state index < -0.39 is 0 Å². The lowest BCUT2D eigenvalue weighted by Crippen LogP contribution is -2.43. The van der Waals surface area contributed by atoms with Crippen molar-refractivity contribution in [2.24, 2.45) is 5.10 Å². The van der Waals surface area contributed by atoms with Crippen molar-refractivity contribution in [1.82, 2.24) is 14.6 Å². The Balaban J connectivity index is 1.39. The van der Waals surface area contributed by atoms with E-state index in [1.165, 1.54) is 10.9 Å². The number of benzene rings is 3. The van der Waals surface area contributed by atoms with E-state index in [2.05, 4.69) is 37.0 Å². The summed E-state index contributed by atoms with van der Waals surface area (Å²) in [7, 11) is 0. The number of amides is 1. The summed E-state index contributed by atoms with van der Waals surface area (Å²) >= 11 is 13.4. The summed E-state index contributed by atoms with van der Waals surface area (Å²) in [6, 6.07) is 15.8. The van der Waals surface area contributed by atoms with Gasteiger partial charge in [0.05, 0.1) is 41.4 Å². The molecule has 226 valence electrons. The Labute approximate surface area is 273 Å². The minimum absolute atomic E-state index is 0.145. The van der Waals surface area contributed by atoms with E-state index in [0.29, 0.717) is 86.2 Å². The first kappa shape index (κ1) is 30.3. The maximum absolute atomic E-state index is 13.7. The number of hydrogen-bond donors (Lipinski definition) is 0. The van der Waals surface area contributed by atoms with Crippen LogP contribution in [-0.4, -0.2) is 66.2 Å². The number of ether oxygens (including phenoxy) is 3. The molecular weight excluding hydrogens is 720 g/mol. The monoisotopic (exact) mass is 742 g/mol. The van der Waals surface area contributed by atoms with E-state index in [0.717, 1.165) is 5.39 Å². The molecule has 13 heteroatoms. The normalized spacial score (nSPS) is 13.7. The molecule has 0 N–H and O–H groups in total. The van der Waals surface area contributed by atoms with Gasteiger partial charge >= 0.3 is 0 Å². The Kier molecular flexibility index (Phi) is 9.03. The van der Waals surface area contributed by atoms with Crippen LogP contribution < -0.4 is 15.0 Å². The number of morpholine rings is 1. The second kappa shape index (κ2) is 13.1. The molecule has 2 aromatic heterocycles. The molecule has 1 saturated heterocycles. The zero-order valence-corrected chi connectivity index (χ0v) is 27.3. The summed E-state index contributed by atoms with van der Waals surface area (Å²) in [5.74, 6) is 1.19. The highest BCUT2D eigenvalue weighted by Crippen LogP contribution is 2.42. The van der Waals surface area contributed by atoms with Crippen LogP contribution in [0.5, 0.6) is 11.5 Å². The number of fused-ring (bicyclic) bond motifs is 2. The third-order valence-electron chi connectivity index (χ3n) is 6.92. The van der Waals surface area contributed by atoms with E-state index in [1.54, 1.807) is 53.4 Å². The number of carbonyl (C=O) groups excluding carboxylic acids is 1. The van der Waals surface area contributed by atoms with Crippen LogP contribution in [-0.2, 0) is 9.53 Å². The molecule has 0 aliphatic carbocycles. The largest absolute Gasteiger partial charge is 0.490 e. The van der Waals surface area contributed by atoms with Gasteiger partial charge in [-0.25, -0.2) is 4.98 Å². The van der Waals surface area contributed by atoms with E-state index in [1.807, 2.05) is 13.0 Å². The highest BCUT2D eigenvalue weighted by molar-refractivity contribution is 9.13. The van der Waals surface area contributed by atoms with Gasteiger partial charge < -0.3 is 23.5 Å². The first-order chi connectivity index (χ1) is 21.3. The quantitative estimate of drug-likeness (QED) is 0.167. The number of hydrogen-bond acceptors (Lipinski definition) is 8. The Morgan fingerprint density at radius 1 is 1.09 bits per heavy atom. The number of carbonyl (C=O) groups is 1. The van der Waals surface area contributed by atoms with E-state index in [4.69, 9.17) is 35.2 Å². The molecule has 10 nitrogen and oxygen atoms in total. The lowest BCUT2D eigenvalue weighted by atomic mass is 10.2. The van der Waals surface area contributed by atoms with Crippen molar-refractivity contribution in [2.75, 3.05) is 39.5 Å². The lowest BCUT2D eigenvalue weighted by Gasteiger charge is -2.27. The number of rotatable bonds is 8. The highest BCUT2D eigenvalue weighted by Gasteiger charge is 2.22. The molecule has 44 heavy (non-hydrogen) atoms. The van der Waals surface area contributed by atoms with Crippen molar-refractivity contribution >= 4 is 77.5 Å². The van der Waals surface area contributed by atoms with Crippen LogP contribution in [0.4, 0.5) is 0 Å². The predicted octanol–water partition coefficient (Wildman–Crippen LogP) is 6.51. The average Bonchev–Trinajstić information content (AvgIpc) is 3.46. The first-order valence-corrected chi connectivity index (χ1v) is 15.7. The van der Waals surface area contributed by atoms with Crippen molar-refractivity contribution in [1.29, 1.82) is 0 Å². The fourth-order valence-electron chi connectivity index (χ4n) is 4.77. The van der Waals surface area contributed by atoms with Crippen molar-refractivity contribution in [2.45, 2.75) is 6.92 Å². The van der Waals surface area contributed by atoms with Gasteiger partial charge in [0.2, 0.25) is 5.82 Å². The first-order valence-electron chi connectivity index (χ1n) is 13.7. The molecule has 0 spiro atoms. The van der Waals surface area contributed by atoms with Gasteiger partial charge in [-0.2, -0.15) is 9.78 Å². The Hall–Kier alpha value is -3.71. The summed E-state index contributed by atoms with van der Waals surface area (Å²) in [5.41, 5.74) is 1.31. The molecule has 3 heterocycles. The molecule has 3 aromatic carbocycles. The molecule has 1 aliphatic rings. The topological polar surface area (TPSA) is 108 Å². The van der Waals surface area contributed by atoms with Gasteiger partial charge in [0.25, 0.3) is 11.5 Å². The van der Waals surface area contributed by atoms with Crippen LogP contribution in [0.15, 0.2) is 77.9 Å². The van der Waals surface area contributed by atoms with Gasteiger partial charge in [-0.15, -0.1) is 0 Å². The summed E-state index contributed by atoms with van der Waals surface area (Å²) in [5, 5.41) is 6.29. The average molecular weight is 745 g/mol. The van der Waals surface area contributed by atoms with Crippen LogP contribution in [0.2, 0.25) is 5.02 Å². The summed E-state index contributed by atoms with van der Waals surface area (Å²) in [6.45, 7) is 4.08. The van der Waals surface area contributed by atoms with E-state index in [9.17, 15) is 9.59 Å². The molecular formula is C31H25Br2ClN4O6. The summed E-state index contributed by atoms with van der Waals surface area (Å²) in [6.07, 6.45) is 1.51. The second-order valence-corrected chi connectivity index (χ2v) is 11.8. The molecule has 5 aromatic rings. The van der Waals surface area contributed by atoms with Gasteiger partial charge in [-0.1, -0.05) is 23.7 Å². The molecule has 1 fully saturated rings. The SMILES string of the molecule is CCOc1cc(C=Nn2c(-c3cc4cc(Cl)ccc4o3)nc3ccccc3c2=O)c(Br)c(Br)c1OCC(=O)N1CCOCC1. The fraction of sp³-hybridized carbons (Fsp3) is 0.226. The van der Waals surface area contributed by atoms with Crippen LogP contribution >= 0.6 is 43.5 Å². The standard InChI is InChI=1S/C31H25Br2ClN4O6/c1-2-42-24-15-19(27(32)28(33)29(24)43-17-26(39)37-9-11-41-12-10-37)16-35-38-30(36-22-6-4-3-5-21(22)31(38)40)25-14-18-13-20(34)7-8-23(18)44-25/h3-8,13-16H,2,9-12,17H2,1H3. The molecule has 0 radical (unpaired) electrons. The maximum atomic E-state index is 13.7. The molecule has 6 rings (SSSR count). The van der Waals surface area contributed by atoms with Crippen molar-refractivity contribution in [3.63, 3.8) is 0 Å². The molecule has 0 saturated carbocycles. The van der Waals surface area contributed by atoms with Gasteiger partial charge in [0, 0.05) is 33.5 Å². The number of furan rings is 1. The van der Waals surface area contributed by atoms with Crippen LogP contribution in [0.3, 0.4) is 0 Å². The van der Waals surface area contributed by atoms with Crippen molar-refractivity contribution in [3.05, 3.63) is 84.5 Å². The van der Waals surface area contributed by atoms with Crippen LogP contribution in [0.25, 0.3) is 33.5 Å². The molecule has 0 unspecified atom stereocenters. The maximum Gasteiger partial charge on any atom is 0.282 e. The number of halogens is 3. The molecule has 1 amide bonds. The minimum Gasteiger partial charge on any atom is -0.490 e. The van der Waals surface area contributed by atoms with E-state index >= 15 is 0 Å². The molecule has 0 atom stereocenters. The van der Waals surface area contributed by atoms with Gasteiger partial charge in [-0.05, 0) is 81.2 Å². The molecule has 0 bridgehead atoms. The van der Waals surface area contributed by atoms with E-state index in [-0.39, 0.29) is 23.9 Å². The second-order valence-electron chi connectivity index (χ2n) is 9.74. The van der Waals surface area contributed by atoms with Crippen LogP contribution in [0, 0.1) is 0 Å². The van der Waals surface area contributed by atoms with Gasteiger partial charge in [0.1, 0.15) is 5.58 Å². The number of aromatic nitrogens is 2. The van der Waals surface area contributed by atoms with Crippen molar-refractivity contribution < 1.29 is 23.4 Å². The Bertz CT molecular complexity index is 1970. The summed E-state index contributed by atoms with van der Waals surface area (Å²) in [4.78, 5) is 32.9. The zero-order chi connectivity index (χ0) is 30.8. The van der Waals surface area contributed by atoms with Crippen molar-refractivity contribution in [3.8, 4) is 23.1 Å². The predicted molar refractivity (Wildman–Crippen MR) is 175 cm³/mol. The van der Waals surface area contributed by atoms with Gasteiger partial charge in [-0.3, -0.25) is 9.59 Å². The fourth-order valence-corrected chi connectivity index (χ4v) is 5.88.